The van der Waals surface area contributed by atoms with Crippen molar-refractivity contribution in [1.82, 2.24) is 0 Å². The molecule has 0 spiro atoms. The van der Waals surface area contributed by atoms with Gasteiger partial charge in [0.1, 0.15) is 0 Å². The van der Waals surface area contributed by atoms with Crippen LogP contribution in [0.3, 0.4) is 0 Å². The summed E-state index contributed by atoms with van der Waals surface area (Å²) in [5.74, 6) is -0.120. The summed E-state index contributed by atoms with van der Waals surface area (Å²) < 4.78 is 22.5. The van der Waals surface area contributed by atoms with E-state index in [0.717, 1.165) is 0 Å². The van der Waals surface area contributed by atoms with Crippen molar-refractivity contribution in [3.8, 4) is 11.5 Å². The fraction of sp³-hybridized carbons (Fsp3) is 0.0909. The van der Waals surface area contributed by atoms with Crippen LogP contribution in [-0.4, -0.2) is 11.9 Å². The summed E-state index contributed by atoms with van der Waals surface area (Å²) >= 11 is 0. The van der Waals surface area contributed by atoms with Crippen LogP contribution in [0.5, 0.6) is 11.5 Å². The summed E-state index contributed by atoms with van der Waals surface area (Å²) in [7, 11) is 0. The molecule has 0 bridgehead atoms. The van der Waals surface area contributed by atoms with Crippen LogP contribution in [0.2, 0.25) is 0 Å². The second-order valence-corrected chi connectivity index (χ2v) is 6.33. The molecule has 6 nitrogen and oxygen atoms in total. The molecule has 2 atom stereocenters. The number of esters is 2. The van der Waals surface area contributed by atoms with Crippen LogP contribution in [-0.2, 0) is 9.47 Å². The maximum atomic E-state index is 12.0. The minimum Gasteiger partial charge on any atom is -0.447 e. The van der Waals surface area contributed by atoms with Gasteiger partial charge in [0, 0.05) is 11.1 Å². The largest absolute Gasteiger partial charge is 0.447 e. The van der Waals surface area contributed by atoms with Crippen LogP contribution >= 0.6 is 0 Å². The lowest BCUT2D eigenvalue weighted by molar-refractivity contribution is -0.0528. The van der Waals surface area contributed by atoms with Crippen molar-refractivity contribution in [3.63, 3.8) is 0 Å². The third-order valence-corrected chi connectivity index (χ3v) is 4.61. The Morgan fingerprint density at radius 1 is 0.571 bits per heavy atom. The molecule has 3 aromatic rings. The summed E-state index contributed by atoms with van der Waals surface area (Å²) in [6.07, 6.45) is -1.74. The Morgan fingerprint density at radius 2 is 0.964 bits per heavy atom. The van der Waals surface area contributed by atoms with Crippen molar-refractivity contribution in [2.75, 3.05) is 0 Å². The average molecular weight is 374 g/mol. The Bertz CT molecular complexity index is 1000. The molecule has 2 aliphatic rings. The molecular formula is C22H14O6. The Labute approximate surface area is 160 Å². The molecule has 6 heteroatoms. The second kappa shape index (κ2) is 6.42. The number of fused-ring (bicyclic) bond motifs is 2. The number of carbonyl (C=O) groups is 2. The summed E-state index contributed by atoms with van der Waals surface area (Å²) in [6.45, 7) is 0. The third-order valence-electron chi connectivity index (χ3n) is 4.61. The van der Waals surface area contributed by atoms with E-state index in [4.69, 9.17) is 18.9 Å². The van der Waals surface area contributed by atoms with Gasteiger partial charge < -0.3 is 18.9 Å². The first-order chi connectivity index (χ1) is 13.7. The monoisotopic (exact) mass is 374 g/mol. The molecule has 0 unspecified atom stereocenters. The van der Waals surface area contributed by atoms with Crippen molar-refractivity contribution in [2.45, 2.75) is 12.6 Å². The molecule has 0 fully saturated rings. The smallest absolute Gasteiger partial charge is 0.342 e. The molecule has 28 heavy (non-hydrogen) atoms. The van der Waals surface area contributed by atoms with E-state index in [1.807, 2.05) is 12.1 Å². The van der Waals surface area contributed by atoms with Crippen molar-refractivity contribution >= 4 is 11.9 Å². The van der Waals surface area contributed by atoms with Crippen molar-refractivity contribution < 1.29 is 28.5 Å². The van der Waals surface area contributed by atoms with Crippen LogP contribution in [0.4, 0.5) is 0 Å². The normalized spacial score (nSPS) is 19.4. The Morgan fingerprint density at radius 3 is 1.43 bits per heavy atom. The molecule has 3 aromatic carbocycles. The van der Waals surface area contributed by atoms with Gasteiger partial charge in [-0.25, -0.2) is 9.59 Å². The first kappa shape index (κ1) is 16.4. The average Bonchev–Trinajstić information content (AvgIpc) is 3.21. The number of hydrogen-bond donors (Lipinski definition) is 0. The standard InChI is InChI=1S/C22H14O6/c23-19-13-7-1-3-9-15(13)21(27-19)25-17-11-5-6-12-18(17)26-22-16-10-4-2-8-14(16)20(24)28-22/h1-12,21-22H/t21-,22-/m0/s1. The van der Waals surface area contributed by atoms with E-state index in [1.54, 1.807) is 60.7 Å². The zero-order valence-corrected chi connectivity index (χ0v) is 14.5. The van der Waals surface area contributed by atoms with Gasteiger partial charge in [0.15, 0.2) is 11.5 Å². The highest BCUT2D eigenvalue weighted by Crippen LogP contribution is 2.39. The van der Waals surface area contributed by atoms with Gasteiger partial charge in [-0.05, 0) is 24.3 Å². The number of rotatable bonds is 4. The fourth-order valence-electron chi connectivity index (χ4n) is 3.28. The van der Waals surface area contributed by atoms with E-state index in [-0.39, 0.29) is 0 Å². The topological polar surface area (TPSA) is 71.1 Å². The first-order valence-electron chi connectivity index (χ1n) is 8.73. The SMILES string of the molecule is O=C1O[C@H](Oc2ccccc2O[C@H]2OC(=O)c3ccccc32)c2ccccc21. The second-order valence-electron chi connectivity index (χ2n) is 6.33. The Kier molecular flexibility index (Phi) is 3.76. The maximum absolute atomic E-state index is 12.0. The highest BCUT2D eigenvalue weighted by molar-refractivity contribution is 5.94. The molecule has 2 heterocycles. The summed E-state index contributed by atoms with van der Waals surface area (Å²) in [5.41, 5.74) is 2.26. The maximum Gasteiger partial charge on any atom is 0.342 e. The van der Waals surface area contributed by atoms with Gasteiger partial charge in [0.05, 0.1) is 11.1 Å². The molecule has 138 valence electrons. The number of cyclic esters (lactones) is 2. The minimum absolute atomic E-state index is 0.373. The van der Waals surface area contributed by atoms with Gasteiger partial charge in [-0.1, -0.05) is 48.5 Å². The van der Waals surface area contributed by atoms with E-state index >= 15 is 0 Å². The van der Waals surface area contributed by atoms with Crippen LogP contribution in [0.15, 0.2) is 72.8 Å². The minimum atomic E-state index is -0.869. The van der Waals surface area contributed by atoms with Crippen LogP contribution in [0.25, 0.3) is 0 Å². The molecule has 0 N–H and O–H groups in total. The van der Waals surface area contributed by atoms with Crippen LogP contribution in [0.1, 0.15) is 44.4 Å². The highest BCUT2D eigenvalue weighted by atomic mass is 16.7. The summed E-state index contributed by atoms with van der Waals surface area (Å²) in [5, 5.41) is 0. The lowest BCUT2D eigenvalue weighted by Gasteiger charge is -2.19. The lowest BCUT2D eigenvalue weighted by Crippen LogP contribution is -2.11. The van der Waals surface area contributed by atoms with Gasteiger partial charge >= 0.3 is 11.9 Å². The molecule has 0 radical (unpaired) electrons. The number of para-hydroxylation sites is 2. The van der Waals surface area contributed by atoms with E-state index in [0.29, 0.717) is 33.8 Å². The number of hydrogen-bond acceptors (Lipinski definition) is 6. The number of benzene rings is 3. The van der Waals surface area contributed by atoms with Crippen molar-refractivity contribution in [1.29, 1.82) is 0 Å². The predicted molar refractivity (Wildman–Crippen MR) is 96.9 cm³/mol. The van der Waals surface area contributed by atoms with Gasteiger partial charge in [0.25, 0.3) is 12.6 Å². The third kappa shape index (κ3) is 2.66. The predicted octanol–water partition coefficient (Wildman–Crippen LogP) is 4.18. The molecular weight excluding hydrogens is 360 g/mol. The molecule has 0 amide bonds. The Hall–Kier alpha value is -3.80. The van der Waals surface area contributed by atoms with Crippen LogP contribution in [0, 0.1) is 0 Å². The van der Waals surface area contributed by atoms with Gasteiger partial charge in [-0.2, -0.15) is 0 Å². The number of carbonyl (C=O) groups excluding carboxylic acids is 2. The fourth-order valence-corrected chi connectivity index (χ4v) is 3.28. The van der Waals surface area contributed by atoms with E-state index in [9.17, 15) is 9.59 Å². The molecule has 2 aliphatic heterocycles. The number of ether oxygens (including phenoxy) is 4. The molecule has 0 saturated carbocycles. The summed E-state index contributed by atoms with van der Waals surface area (Å²) in [6, 6.07) is 21.1. The Balaban J connectivity index is 1.42. The van der Waals surface area contributed by atoms with E-state index in [1.165, 1.54) is 0 Å². The van der Waals surface area contributed by atoms with Crippen LogP contribution < -0.4 is 9.47 Å². The zero-order chi connectivity index (χ0) is 19.1. The summed E-state index contributed by atoms with van der Waals surface area (Å²) in [4.78, 5) is 24.0. The molecule has 0 aromatic heterocycles. The van der Waals surface area contributed by atoms with Gasteiger partial charge in [0.2, 0.25) is 0 Å². The van der Waals surface area contributed by atoms with E-state index < -0.39 is 24.5 Å². The quantitative estimate of drug-likeness (QED) is 0.638. The van der Waals surface area contributed by atoms with Crippen molar-refractivity contribution in [2.24, 2.45) is 0 Å². The molecule has 0 aliphatic carbocycles. The van der Waals surface area contributed by atoms with Gasteiger partial charge in [-0.3, -0.25) is 0 Å². The zero-order valence-electron chi connectivity index (χ0n) is 14.5. The first-order valence-corrected chi connectivity index (χ1v) is 8.73. The lowest BCUT2D eigenvalue weighted by atomic mass is 10.1. The van der Waals surface area contributed by atoms with Crippen molar-refractivity contribution in [3.05, 3.63) is 95.1 Å². The highest BCUT2D eigenvalue weighted by Gasteiger charge is 2.35. The molecule has 5 rings (SSSR count). The van der Waals surface area contributed by atoms with E-state index in [2.05, 4.69) is 0 Å². The molecule has 0 saturated heterocycles. The van der Waals surface area contributed by atoms with Gasteiger partial charge in [-0.15, -0.1) is 0 Å².